The number of nitrogens with zero attached hydrogens (tertiary/aromatic N) is 1. The summed E-state index contributed by atoms with van der Waals surface area (Å²) in [6.07, 6.45) is 1.12. The molecule has 0 aliphatic heterocycles. The largest absolute Gasteiger partial charge is 0.483 e. The summed E-state index contributed by atoms with van der Waals surface area (Å²) in [5, 5.41) is 4.12. The number of carbonyl (C=O) groups excluding carboxylic acids is 2. The van der Waals surface area contributed by atoms with Crippen LogP contribution in [0.3, 0.4) is 0 Å². The Bertz CT molecular complexity index is 1180. The quantitative estimate of drug-likeness (QED) is 0.270. The number of carbonyl (C=O) groups is 2. The van der Waals surface area contributed by atoms with Gasteiger partial charge in [0.05, 0.1) is 4.47 Å². The Labute approximate surface area is 230 Å². The van der Waals surface area contributed by atoms with Gasteiger partial charge in [-0.15, -0.1) is 0 Å². The Kier molecular flexibility index (Phi) is 10.7. The fourth-order valence-corrected chi connectivity index (χ4v) is 4.61. The van der Waals surface area contributed by atoms with Gasteiger partial charge in [0.15, 0.2) is 6.61 Å². The van der Waals surface area contributed by atoms with Crippen molar-refractivity contribution in [1.29, 1.82) is 0 Å². The smallest absolute Gasteiger partial charge is 0.261 e. The van der Waals surface area contributed by atoms with Crippen LogP contribution in [0.2, 0.25) is 10.0 Å². The summed E-state index contributed by atoms with van der Waals surface area (Å²) in [6, 6.07) is 21.2. The molecule has 0 aliphatic rings. The summed E-state index contributed by atoms with van der Waals surface area (Å²) in [4.78, 5) is 28.7. The van der Waals surface area contributed by atoms with E-state index in [9.17, 15) is 9.59 Å². The fourth-order valence-electron chi connectivity index (χ4n) is 3.62. The first-order valence-electron chi connectivity index (χ1n) is 11.7. The maximum Gasteiger partial charge on any atom is 0.261 e. The second kappa shape index (κ2) is 13.7. The minimum Gasteiger partial charge on any atom is -0.483 e. The second-order valence-corrected chi connectivity index (χ2v) is 10.2. The molecule has 0 spiro atoms. The van der Waals surface area contributed by atoms with Gasteiger partial charge in [0.1, 0.15) is 11.8 Å². The standard InChI is InChI=1S/C28H29BrCl2N2O3/c1-3-19(2)32-28(35)25(15-20-9-5-4-6-10-20)33(17-21-11-7-8-12-24(21)31)27(34)18-36-26-14-13-22(30)16-23(26)29/h4-14,16,19,25H,3,15,17-18H2,1-2H3,(H,32,35)/t19-,25+/m1/s1. The Morgan fingerprint density at radius 1 is 1.03 bits per heavy atom. The Morgan fingerprint density at radius 3 is 2.39 bits per heavy atom. The monoisotopic (exact) mass is 590 g/mol. The van der Waals surface area contributed by atoms with Gasteiger partial charge in [-0.2, -0.15) is 0 Å². The van der Waals surface area contributed by atoms with E-state index in [-0.39, 0.29) is 31.0 Å². The van der Waals surface area contributed by atoms with Crippen molar-refractivity contribution in [3.05, 3.63) is 98.4 Å². The van der Waals surface area contributed by atoms with Crippen molar-refractivity contribution in [2.24, 2.45) is 0 Å². The summed E-state index contributed by atoms with van der Waals surface area (Å²) >= 11 is 15.9. The highest BCUT2D eigenvalue weighted by Gasteiger charge is 2.31. The zero-order chi connectivity index (χ0) is 26.1. The van der Waals surface area contributed by atoms with E-state index >= 15 is 0 Å². The van der Waals surface area contributed by atoms with E-state index in [0.717, 1.165) is 17.5 Å². The van der Waals surface area contributed by atoms with Gasteiger partial charge in [0.25, 0.3) is 5.91 Å². The fraction of sp³-hybridized carbons (Fsp3) is 0.286. The van der Waals surface area contributed by atoms with Crippen LogP contribution >= 0.6 is 39.1 Å². The first-order valence-corrected chi connectivity index (χ1v) is 13.3. The molecule has 2 amide bonds. The van der Waals surface area contributed by atoms with E-state index in [1.807, 2.05) is 62.4 Å². The topological polar surface area (TPSA) is 58.6 Å². The molecular formula is C28H29BrCl2N2O3. The van der Waals surface area contributed by atoms with Crippen LogP contribution < -0.4 is 10.1 Å². The van der Waals surface area contributed by atoms with Crippen LogP contribution in [0, 0.1) is 0 Å². The molecule has 0 fully saturated rings. The number of ether oxygens (including phenoxy) is 1. The summed E-state index contributed by atoms with van der Waals surface area (Å²) in [5.74, 6) is -0.0765. The van der Waals surface area contributed by atoms with Crippen molar-refractivity contribution in [2.45, 2.75) is 45.3 Å². The van der Waals surface area contributed by atoms with Crippen molar-refractivity contribution < 1.29 is 14.3 Å². The molecule has 3 rings (SSSR count). The van der Waals surface area contributed by atoms with Crippen molar-refractivity contribution in [1.82, 2.24) is 10.2 Å². The van der Waals surface area contributed by atoms with Crippen LogP contribution in [0.1, 0.15) is 31.4 Å². The van der Waals surface area contributed by atoms with Gasteiger partial charge in [0.2, 0.25) is 5.91 Å². The molecule has 3 aromatic carbocycles. The second-order valence-electron chi connectivity index (χ2n) is 8.50. The molecule has 190 valence electrons. The number of hydrogen-bond acceptors (Lipinski definition) is 3. The van der Waals surface area contributed by atoms with Gasteiger partial charge in [-0.3, -0.25) is 9.59 Å². The van der Waals surface area contributed by atoms with Gasteiger partial charge in [0, 0.05) is 29.1 Å². The summed E-state index contributed by atoms with van der Waals surface area (Å²) < 4.78 is 6.46. The molecular weight excluding hydrogens is 563 g/mol. The lowest BCUT2D eigenvalue weighted by molar-refractivity contribution is -0.143. The number of amides is 2. The summed E-state index contributed by atoms with van der Waals surface area (Å²) in [6.45, 7) is 3.85. The average Bonchev–Trinajstić information content (AvgIpc) is 2.87. The highest BCUT2D eigenvalue weighted by Crippen LogP contribution is 2.28. The molecule has 0 heterocycles. The zero-order valence-corrected chi connectivity index (χ0v) is 23.3. The maximum atomic E-state index is 13.6. The van der Waals surface area contributed by atoms with E-state index in [1.54, 1.807) is 29.2 Å². The predicted molar refractivity (Wildman–Crippen MR) is 148 cm³/mol. The third kappa shape index (κ3) is 7.99. The van der Waals surface area contributed by atoms with Crippen LogP contribution in [0.15, 0.2) is 77.3 Å². The van der Waals surface area contributed by atoms with Crippen molar-refractivity contribution in [3.63, 3.8) is 0 Å². The van der Waals surface area contributed by atoms with Gasteiger partial charge in [-0.25, -0.2) is 0 Å². The number of rotatable bonds is 11. The van der Waals surface area contributed by atoms with Gasteiger partial charge < -0.3 is 15.0 Å². The average molecular weight is 592 g/mol. The molecule has 36 heavy (non-hydrogen) atoms. The molecule has 0 saturated carbocycles. The van der Waals surface area contributed by atoms with Gasteiger partial charge in [-0.05, 0) is 64.7 Å². The third-order valence-electron chi connectivity index (χ3n) is 5.82. The van der Waals surface area contributed by atoms with Crippen LogP contribution in [0.5, 0.6) is 5.75 Å². The number of benzene rings is 3. The van der Waals surface area contributed by atoms with E-state index in [2.05, 4.69) is 21.2 Å². The summed E-state index contributed by atoms with van der Waals surface area (Å²) in [7, 11) is 0. The normalized spacial score (nSPS) is 12.5. The molecule has 2 atom stereocenters. The lowest BCUT2D eigenvalue weighted by Gasteiger charge is -2.32. The van der Waals surface area contributed by atoms with E-state index < -0.39 is 6.04 Å². The first kappa shape index (κ1) is 28.0. The van der Waals surface area contributed by atoms with Crippen molar-refractivity contribution in [3.8, 4) is 5.75 Å². The molecule has 0 aliphatic carbocycles. The minimum absolute atomic E-state index is 0.0330. The van der Waals surface area contributed by atoms with Gasteiger partial charge in [-0.1, -0.05) is 78.7 Å². The van der Waals surface area contributed by atoms with Crippen LogP contribution in [0.4, 0.5) is 0 Å². The molecule has 0 radical (unpaired) electrons. The molecule has 3 aromatic rings. The molecule has 0 unspecified atom stereocenters. The molecule has 0 aromatic heterocycles. The number of halogens is 3. The number of nitrogens with one attached hydrogen (secondary N) is 1. The SMILES string of the molecule is CC[C@@H](C)NC(=O)[C@H](Cc1ccccc1)N(Cc1ccccc1Cl)C(=O)COc1ccc(Cl)cc1Br. The van der Waals surface area contributed by atoms with Crippen LogP contribution in [0.25, 0.3) is 0 Å². The van der Waals surface area contributed by atoms with E-state index in [1.165, 1.54) is 0 Å². The lowest BCUT2D eigenvalue weighted by atomic mass is 10.0. The maximum absolute atomic E-state index is 13.6. The Hall–Kier alpha value is -2.54. The predicted octanol–water partition coefficient (Wildman–Crippen LogP) is 6.69. The van der Waals surface area contributed by atoms with Gasteiger partial charge >= 0.3 is 0 Å². The molecule has 5 nitrogen and oxygen atoms in total. The minimum atomic E-state index is -0.762. The third-order valence-corrected chi connectivity index (χ3v) is 7.04. The Balaban J connectivity index is 1.93. The number of hydrogen-bond donors (Lipinski definition) is 1. The van der Waals surface area contributed by atoms with Crippen molar-refractivity contribution in [2.75, 3.05) is 6.61 Å². The van der Waals surface area contributed by atoms with Crippen LogP contribution in [-0.2, 0) is 22.6 Å². The molecule has 0 bridgehead atoms. The first-order chi connectivity index (χ1) is 17.3. The zero-order valence-electron chi connectivity index (χ0n) is 20.2. The van der Waals surface area contributed by atoms with E-state index in [4.69, 9.17) is 27.9 Å². The lowest BCUT2D eigenvalue weighted by Crippen LogP contribution is -2.53. The highest BCUT2D eigenvalue weighted by atomic mass is 79.9. The molecule has 8 heteroatoms. The molecule has 1 N–H and O–H groups in total. The Morgan fingerprint density at radius 2 is 1.72 bits per heavy atom. The van der Waals surface area contributed by atoms with E-state index in [0.29, 0.717) is 26.7 Å². The highest BCUT2D eigenvalue weighted by molar-refractivity contribution is 9.10. The summed E-state index contributed by atoms with van der Waals surface area (Å²) in [5.41, 5.74) is 1.69. The van der Waals surface area contributed by atoms with Crippen LogP contribution in [-0.4, -0.2) is 35.4 Å². The van der Waals surface area contributed by atoms with Crippen molar-refractivity contribution >= 4 is 50.9 Å². The molecule has 0 saturated heterocycles.